The maximum absolute atomic E-state index is 5.23. The molecule has 0 atom stereocenters. The first-order valence-corrected chi connectivity index (χ1v) is 19.6. The number of aryl methyl sites for hydroxylation is 1. The van der Waals surface area contributed by atoms with Crippen LogP contribution in [0.1, 0.15) is 17.5 Å². The van der Waals surface area contributed by atoms with E-state index in [2.05, 4.69) is 140 Å². The van der Waals surface area contributed by atoms with Gasteiger partial charge in [-0.15, -0.1) is 11.3 Å². The number of rotatable bonds is 5. The Labute approximate surface area is 323 Å². The van der Waals surface area contributed by atoms with Gasteiger partial charge in [-0.25, -0.2) is 15.0 Å². The molecule has 1 aliphatic rings. The fourth-order valence-corrected chi connectivity index (χ4v) is 9.60. The van der Waals surface area contributed by atoms with Crippen molar-refractivity contribution in [3.63, 3.8) is 0 Å². The average Bonchev–Trinajstić information content (AvgIpc) is 3.65. The number of hydrogen-bond donors (Lipinski definition) is 0. The molecule has 3 nitrogen and oxygen atoms in total. The Morgan fingerprint density at radius 1 is 0.436 bits per heavy atom. The van der Waals surface area contributed by atoms with Crippen LogP contribution in [0.15, 0.2) is 170 Å². The van der Waals surface area contributed by atoms with Gasteiger partial charge in [0.2, 0.25) is 0 Å². The van der Waals surface area contributed by atoms with Crippen molar-refractivity contribution >= 4 is 59.1 Å². The fraction of sp³-hybridized carbons (Fsp3) is 0.0392. The van der Waals surface area contributed by atoms with Gasteiger partial charge in [-0.05, 0) is 79.9 Å². The van der Waals surface area contributed by atoms with Crippen molar-refractivity contribution in [3.05, 3.63) is 181 Å². The molecule has 0 N–H and O–H groups in total. The molecule has 258 valence electrons. The van der Waals surface area contributed by atoms with E-state index in [0.717, 1.165) is 51.4 Å². The van der Waals surface area contributed by atoms with E-state index in [0.29, 0.717) is 17.5 Å². The Balaban J connectivity index is 1.12. The minimum absolute atomic E-state index is 0.650. The molecule has 4 heteroatoms. The Bertz CT molecular complexity index is 3090. The summed E-state index contributed by atoms with van der Waals surface area (Å²) in [6, 6.07) is 58.5. The number of fused-ring (bicyclic) bond motifs is 7. The highest BCUT2D eigenvalue weighted by atomic mass is 32.1. The van der Waals surface area contributed by atoms with E-state index in [4.69, 9.17) is 15.0 Å². The lowest BCUT2D eigenvalue weighted by molar-refractivity contribution is 0.999. The van der Waals surface area contributed by atoms with Crippen LogP contribution < -0.4 is 0 Å². The standard InChI is InChI=1S/C51H33N3S/c1-3-15-34(16-4-1)49-52-50(35-17-5-2-6-18-35)54-51(53-49)48-39-20-10-8-13-32(39)23-26-43(48)42-29-28-37(40-21-11-12-22-41(40)42)36-24-27-44-46(31-36)55-45-30-25-33-14-7-9-19-38(33)47(44)45/h1-8,10-18,20-31H,9,19H2. The molecule has 8 aromatic carbocycles. The van der Waals surface area contributed by atoms with Crippen LogP contribution in [0.4, 0.5) is 0 Å². The van der Waals surface area contributed by atoms with Crippen molar-refractivity contribution in [2.75, 3.05) is 0 Å². The zero-order chi connectivity index (χ0) is 36.3. The van der Waals surface area contributed by atoms with Gasteiger partial charge in [0.25, 0.3) is 0 Å². The molecule has 0 saturated heterocycles. The van der Waals surface area contributed by atoms with Gasteiger partial charge in [0, 0.05) is 36.9 Å². The fourth-order valence-electron chi connectivity index (χ4n) is 8.43. The van der Waals surface area contributed by atoms with E-state index in [1.165, 1.54) is 53.2 Å². The SMILES string of the molecule is C1=Cc2ccc3sc4cc(-c5ccc(-c6ccc7ccccc7c6-c6nc(-c7ccccc7)nc(-c7ccccc7)n6)c6ccccc56)ccc4c3c2CC1. The number of allylic oxidation sites excluding steroid dienone is 1. The molecule has 0 bridgehead atoms. The van der Waals surface area contributed by atoms with Gasteiger partial charge in [-0.1, -0.05) is 164 Å². The molecule has 11 rings (SSSR count). The van der Waals surface area contributed by atoms with Crippen LogP contribution in [-0.4, -0.2) is 15.0 Å². The summed E-state index contributed by atoms with van der Waals surface area (Å²) in [5, 5.41) is 7.44. The van der Waals surface area contributed by atoms with Crippen molar-refractivity contribution in [3.8, 4) is 56.4 Å². The normalized spacial score (nSPS) is 12.5. The maximum atomic E-state index is 5.23. The van der Waals surface area contributed by atoms with E-state index < -0.39 is 0 Å². The molecule has 0 saturated carbocycles. The largest absolute Gasteiger partial charge is 0.208 e. The number of hydrogen-bond acceptors (Lipinski definition) is 4. The van der Waals surface area contributed by atoms with Crippen molar-refractivity contribution < 1.29 is 0 Å². The van der Waals surface area contributed by atoms with Crippen molar-refractivity contribution in [2.24, 2.45) is 0 Å². The maximum Gasteiger partial charge on any atom is 0.165 e. The summed E-state index contributed by atoms with van der Waals surface area (Å²) in [6.45, 7) is 0. The summed E-state index contributed by atoms with van der Waals surface area (Å²) < 4.78 is 2.70. The first-order chi connectivity index (χ1) is 27.3. The van der Waals surface area contributed by atoms with Gasteiger partial charge in [0.15, 0.2) is 17.5 Å². The van der Waals surface area contributed by atoms with Gasteiger partial charge in [-0.3, -0.25) is 0 Å². The van der Waals surface area contributed by atoms with E-state index >= 15 is 0 Å². The van der Waals surface area contributed by atoms with E-state index in [1.807, 2.05) is 47.7 Å². The van der Waals surface area contributed by atoms with Gasteiger partial charge >= 0.3 is 0 Å². The predicted octanol–water partition coefficient (Wildman–Crippen LogP) is 13.8. The Hall–Kier alpha value is -6.75. The number of benzene rings is 8. The molecule has 10 aromatic rings. The van der Waals surface area contributed by atoms with Gasteiger partial charge < -0.3 is 0 Å². The van der Waals surface area contributed by atoms with E-state index in [9.17, 15) is 0 Å². The Morgan fingerprint density at radius 3 is 1.84 bits per heavy atom. The molecular formula is C51H33N3S. The third-order valence-corrected chi connectivity index (χ3v) is 12.1. The molecule has 1 aliphatic carbocycles. The van der Waals surface area contributed by atoms with Crippen LogP contribution >= 0.6 is 11.3 Å². The summed E-state index contributed by atoms with van der Waals surface area (Å²) in [6.07, 6.45) is 6.79. The number of thiophene rings is 1. The van der Waals surface area contributed by atoms with Gasteiger partial charge in [0.1, 0.15) is 0 Å². The highest BCUT2D eigenvalue weighted by Crippen LogP contribution is 2.45. The third-order valence-electron chi connectivity index (χ3n) is 11.0. The van der Waals surface area contributed by atoms with Crippen LogP contribution in [0, 0.1) is 0 Å². The molecule has 2 aromatic heterocycles. The highest BCUT2D eigenvalue weighted by molar-refractivity contribution is 7.25. The highest BCUT2D eigenvalue weighted by Gasteiger charge is 2.21. The third kappa shape index (κ3) is 5.37. The molecule has 0 spiro atoms. The molecule has 0 aliphatic heterocycles. The summed E-state index contributed by atoms with van der Waals surface area (Å²) >= 11 is 1.91. The van der Waals surface area contributed by atoms with Crippen molar-refractivity contribution in [2.45, 2.75) is 12.8 Å². The first-order valence-electron chi connectivity index (χ1n) is 18.8. The van der Waals surface area contributed by atoms with Crippen molar-refractivity contribution in [1.82, 2.24) is 15.0 Å². The lowest BCUT2D eigenvalue weighted by Gasteiger charge is -2.17. The zero-order valence-corrected chi connectivity index (χ0v) is 30.7. The second-order valence-corrected chi connectivity index (χ2v) is 15.3. The molecule has 0 fully saturated rings. The lowest BCUT2D eigenvalue weighted by atomic mass is 9.88. The molecule has 0 radical (unpaired) electrons. The quantitative estimate of drug-likeness (QED) is 0.178. The second-order valence-electron chi connectivity index (χ2n) is 14.2. The second kappa shape index (κ2) is 13.0. The average molecular weight is 720 g/mol. The smallest absolute Gasteiger partial charge is 0.165 e. The first kappa shape index (κ1) is 31.7. The predicted molar refractivity (Wildman–Crippen MR) is 232 cm³/mol. The zero-order valence-electron chi connectivity index (χ0n) is 29.9. The van der Waals surface area contributed by atoms with Crippen LogP contribution in [-0.2, 0) is 6.42 Å². The van der Waals surface area contributed by atoms with Crippen LogP contribution in [0.5, 0.6) is 0 Å². The minimum Gasteiger partial charge on any atom is -0.208 e. The minimum atomic E-state index is 0.650. The topological polar surface area (TPSA) is 38.7 Å². The van der Waals surface area contributed by atoms with Crippen LogP contribution in [0.25, 0.3) is 104 Å². The monoisotopic (exact) mass is 719 g/mol. The summed E-state index contributed by atoms with van der Waals surface area (Å²) in [5.41, 5.74) is 10.4. The number of nitrogens with zero attached hydrogens (tertiary/aromatic N) is 3. The van der Waals surface area contributed by atoms with Gasteiger partial charge in [0.05, 0.1) is 0 Å². The van der Waals surface area contributed by atoms with Gasteiger partial charge in [-0.2, -0.15) is 0 Å². The molecule has 0 unspecified atom stereocenters. The summed E-state index contributed by atoms with van der Waals surface area (Å²) in [7, 11) is 0. The molecular weight excluding hydrogens is 687 g/mol. The van der Waals surface area contributed by atoms with Crippen LogP contribution in [0.2, 0.25) is 0 Å². The van der Waals surface area contributed by atoms with E-state index in [-0.39, 0.29) is 0 Å². The summed E-state index contributed by atoms with van der Waals surface area (Å²) in [5.74, 6) is 1.95. The molecule has 0 amide bonds. The van der Waals surface area contributed by atoms with Crippen LogP contribution in [0.3, 0.4) is 0 Å². The molecule has 55 heavy (non-hydrogen) atoms. The Kier molecular flexibility index (Phi) is 7.49. The Morgan fingerprint density at radius 2 is 1.07 bits per heavy atom. The molecule has 2 heterocycles. The van der Waals surface area contributed by atoms with E-state index in [1.54, 1.807) is 0 Å². The number of aromatic nitrogens is 3. The van der Waals surface area contributed by atoms with Crippen molar-refractivity contribution in [1.29, 1.82) is 0 Å². The summed E-state index contributed by atoms with van der Waals surface area (Å²) in [4.78, 5) is 15.5. The lowest BCUT2D eigenvalue weighted by Crippen LogP contribution is -2.02.